The summed E-state index contributed by atoms with van der Waals surface area (Å²) in [6.45, 7) is 6.51. The number of nitrogens with one attached hydrogen (secondary N) is 2. The lowest BCUT2D eigenvalue weighted by atomic mass is 9.84. The maximum Gasteiger partial charge on any atom is 0.315 e. The molecule has 1 aromatic rings. The minimum atomic E-state index is -0.779. The average molecular weight is 312 g/mol. The van der Waals surface area contributed by atoms with Gasteiger partial charge in [-0.3, -0.25) is 4.79 Å². The minimum Gasteiger partial charge on any atom is -0.481 e. The van der Waals surface area contributed by atoms with Gasteiger partial charge in [0.2, 0.25) is 0 Å². The molecule has 0 fully saturated rings. The Morgan fingerprint density at radius 1 is 1.38 bits per heavy atom. The third-order valence-electron chi connectivity index (χ3n) is 3.49. The summed E-state index contributed by atoms with van der Waals surface area (Å²) >= 11 is 1.60. The van der Waals surface area contributed by atoms with Gasteiger partial charge in [-0.1, -0.05) is 13.8 Å². The number of carbonyl (C=O) groups is 2. The molecule has 1 atom stereocenters. The number of thiophene rings is 1. The van der Waals surface area contributed by atoms with Gasteiger partial charge in [0, 0.05) is 13.0 Å². The third kappa shape index (κ3) is 7.13. The van der Waals surface area contributed by atoms with Crippen LogP contribution in [-0.2, 0) is 4.79 Å². The van der Waals surface area contributed by atoms with Crippen LogP contribution in [0.4, 0.5) is 4.79 Å². The van der Waals surface area contributed by atoms with Crippen LogP contribution >= 0.6 is 11.3 Å². The van der Waals surface area contributed by atoms with Gasteiger partial charge in [-0.25, -0.2) is 4.79 Å². The number of urea groups is 1. The summed E-state index contributed by atoms with van der Waals surface area (Å²) in [7, 11) is 0. The van der Waals surface area contributed by atoms with E-state index in [1.165, 1.54) is 0 Å². The van der Waals surface area contributed by atoms with Gasteiger partial charge in [0.25, 0.3) is 0 Å². The number of carbonyl (C=O) groups excluding carboxylic acids is 1. The van der Waals surface area contributed by atoms with E-state index in [9.17, 15) is 9.59 Å². The van der Waals surface area contributed by atoms with Crippen molar-refractivity contribution in [2.75, 3.05) is 6.54 Å². The smallest absolute Gasteiger partial charge is 0.315 e. The van der Waals surface area contributed by atoms with Gasteiger partial charge in [0.05, 0.1) is 6.04 Å². The fourth-order valence-electron chi connectivity index (χ4n) is 1.94. The minimum absolute atomic E-state index is 0.0173. The zero-order valence-corrected chi connectivity index (χ0v) is 13.6. The highest BCUT2D eigenvalue weighted by atomic mass is 32.1. The summed E-state index contributed by atoms with van der Waals surface area (Å²) in [5.74, 6) is -0.779. The molecule has 5 nitrogen and oxygen atoms in total. The van der Waals surface area contributed by atoms with Crippen molar-refractivity contribution in [1.29, 1.82) is 0 Å². The molecule has 1 aromatic heterocycles. The first-order valence-electron chi connectivity index (χ1n) is 7.08. The van der Waals surface area contributed by atoms with Gasteiger partial charge in [-0.05, 0) is 47.6 Å². The predicted molar refractivity (Wildman–Crippen MR) is 84.5 cm³/mol. The van der Waals surface area contributed by atoms with E-state index in [2.05, 4.69) is 10.6 Å². The van der Waals surface area contributed by atoms with Crippen molar-refractivity contribution in [1.82, 2.24) is 10.6 Å². The summed E-state index contributed by atoms with van der Waals surface area (Å²) in [5.41, 5.74) is 1.00. The van der Waals surface area contributed by atoms with Crippen molar-refractivity contribution >= 4 is 23.3 Å². The average Bonchev–Trinajstić information content (AvgIpc) is 2.90. The Hall–Kier alpha value is -1.56. The van der Waals surface area contributed by atoms with Gasteiger partial charge < -0.3 is 15.7 Å². The first kappa shape index (κ1) is 17.5. The van der Waals surface area contributed by atoms with Crippen molar-refractivity contribution in [3.05, 3.63) is 22.4 Å². The van der Waals surface area contributed by atoms with E-state index in [4.69, 9.17) is 5.11 Å². The zero-order valence-electron chi connectivity index (χ0n) is 12.8. The van der Waals surface area contributed by atoms with E-state index >= 15 is 0 Å². The maximum atomic E-state index is 11.8. The summed E-state index contributed by atoms with van der Waals surface area (Å²) in [5, 5.41) is 18.4. The molecule has 2 amide bonds. The molecule has 6 heteroatoms. The molecule has 0 bridgehead atoms. The lowest BCUT2D eigenvalue weighted by Gasteiger charge is -2.24. The number of aliphatic carboxylic acids is 1. The number of hydrogen-bond acceptors (Lipinski definition) is 3. The quantitative estimate of drug-likeness (QED) is 0.688. The molecule has 0 aromatic carbocycles. The Kier molecular flexibility index (Phi) is 6.68. The van der Waals surface area contributed by atoms with Crippen LogP contribution in [0, 0.1) is 5.41 Å². The molecule has 0 aliphatic carbocycles. The highest BCUT2D eigenvalue weighted by molar-refractivity contribution is 7.07. The molecule has 1 rings (SSSR count). The van der Waals surface area contributed by atoms with E-state index in [1.54, 1.807) is 11.3 Å². The number of hydrogen-bond donors (Lipinski definition) is 3. The van der Waals surface area contributed by atoms with E-state index in [1.807, 2.05) is 37.6 Å². The van der Waals surface area contributed by atoms with Gasteiger partial charge in [-0.2, -0.15) is 11.3 Å². The Morgan fingerprint density at radius 2 is 2.10 bits per heavy atom. The summed E-state index contributed by atoms with van der Waals surface area (Å²) in [6, 6.07) is 1.78. The molecule has 1 unspecified atom stereocenters. The Labute approximate surface area is 129 Å². The second-order valence-electron chi connectivity index (χ2n) is 5.99. The number of carboxylic acids is 1. The normalized spacial score (nSPS) is 12.7. The Morgan fingerprint density at radius 3 is 2.67 bits per heavy atom. The molecular formula is C15H24N2O3S. The van der Waals surface area contributed by atoms with Crippen molar-refractivity contribution < 1.29 is 14.7 Å². The monoisotopic (exact) mass is 312 g/mol. The standard InChI is InChI=1S/C15H24N2O3S/c1-11(12-5-9-21-10-12)17-14(20)16-8-7-15(2,3)6-4-13(18)19/h5,9-11H,4,6-8H2,1-3H3,(H,18,19)(H2,16,17,20). The molecule has 3 N–H and O–H groups in total. The molecule has 1 heterocycles. The van der Waals surface area contributed by atoms with Crippen LogP contribution < -0.4 is 10.6 Å². The largest absolute Gasteiger partial charge is 0.481 e. The molecule has 0 aliphatic rings. The predicted octanol–water partition coefficient (Wildman–Crippen LogP) is 3.39. The molecule has 0 aliphatic heterocycles. The van der Waals surface area contributed by atoms with Crippen LogP contribution in [-0.4, -0.2) is 23.7 Å². The maximum absolute atomic E-state index is 11.8. The first-order chi connectivity index (χ1) is 9.80. The molecular weight excluding hydrogens is 288 g/mol. The van der Waals surface area contributed by atoms with Gasteiger partial charge in [0.15, 0.2) is 0 Å². The van der Waals surface area contributed by atoms with Crippen LogP contribution in [0.2, 0.25) is 0 Å². The second kappa shape index (κ2) is 8.02. The topological polar surface area (TPSA) is 78.4 Å². The highest BCUT2D eigenvalue weighted by Crippen LogP contribution is 2.26. The lowest BCUT2D eigenvalue weighted by molar-refractivity contribution is -0.137. The third-order valence-corrected chi connectivity index (χ3v) is 4.20. The van der Waals surface area contributed by atoms with Gasteiger partial charge in [0.1, 0.15) is 0 Å². The Bertz CT molecular complexity index is 457. The fraction of sp³-hybridized carbons (Fsp3) is 0.600. The zero-order chi connectivity index (χ0) is 15.9. The summed E-state index contributed by atoms with van der Waals surface area (Å²) < 4.78 is 0. The van der Waals surface area contributed by atoms with E-state index in [-0.39, 0.29) is 23.9 Å². The van der Waals surface area contributed by atoms with E-state index in [0.29, 0.717) is 13.0 Å². The van der Waals surface area contributed by atoms with E-state index in [0.717, 1.165) is 12.0 Å². The SMILES string of the molecule is CC(NC(=O)NCCC(C)(C)CCC(=O)O)c1ccsc1. The first-order valence-corrected chi connectivity index (χ1v) is 8.03. The number of amides is 2. The second-order valence-corrected chi connectivity index (χ2v) is 6.77. The molecule has 118 valence electrons. The number of carboxylic acid groups (broad SMARTS) is 1. The van der Waals surface area contributed by atoms with Crippen LogP contribution in [0.15, 0.2) is 16.8 Å². The summed E-state index contributed by atoms with van der Waals surface area (Å²) in [4.78, 5) is 22.4. The van der Waals surface area contributed by atoms with E-state index < -0.39 is 5.97 Å². The van der Waals surface area contributed by atoms with Gasteiger partial charge in [-0.15, -0.1) is 0 Å². The van der Waals surface area contributed by atoms with Crippen molar-refractivity contribution in [2.45, 2.75) is 46.1 Å². The molecule has 0 spiro atoms. The van der Waals surface area contributed by atoms with Crippen LogP contribution in [0.1, 0.15) is 51.6 Å². The van der Waals surface area contributed by atoms with Crippen LogP contribution in [0.5, 0.6) is 0 Å². The molecule has 0 radical (unpaired) electrons. The van der Waals surface area contributed by atoms with Crippen molar-refractivity contribution in [3.63, 3.8) is 0 Å². The fourth-order valence-corrected chi connectivity index (χ4v) is 2.69. The van der Waals surface area contributed by atoms with Crippen LogP contribution in [0.25, 0.3) is 0 Å². The molecule has 21 heavy (non-hydrogen) atoms. The lowest BCUT2D eigenvalue weighted by Crippen LogP contribution is -2.38. The summed E-state index contributed by atoms with van der Waals surface area (Å²) in [6.07, 6.45) is 1.52. The Balaban J connectivity index is 2.25. The van der Waals surface area contributed by atoms with Crippen molar-refractivity contribution in [2.24, 2.45) is 5.41 Å². The number of rotatable bonds is 8. The highest BCUT2D eigenvalue weighted by Gasteiger charge is 2.19. The molecule has 0 saturated heterocycles. The van der Waals surface area contributed by atoms with Crippen molar-refractivity contribution in [3.8, 4) is 0 Å². The van der Waals surface area contributed by atoms with Crippen LogP contribution in [0.3, 0.4) is 0 Å². The molecule has 0 saturated carbocycles. The van der Waals surface area contributed by atoms with Gasteiger partial charge >= 0.3 is 12.0 Å².